The number of hydrogen-bond donors (Lipinski definition) is 2. The summed E-state index contributed by atoms with van der Waals surface area (Å²) in [5, 5.41) is 0. The lowest BCUT2D eigenvalue weighted by atomic mass is 10.1. The molecule has 1 unspecified atom stereocenters. The Balaban J connectivity index is 2.13. The van der Waals surface area contributed by atoms with E-state index >= 15 is 0 Å². The minimum Gasteiger partial charge on any atom is -0.496 e. The van der Waals surface area contributed by atoms with Crippen molar-refractivity contribution in [2.75, 3.05) is 29.2 Å². The second-order valence-electron chi connectivity index (χ2n) is 7.83. The number of H-pyrrole nitrogens is 1. The summed E-state index contributed by atoms with van der Waals surface area (Å²) < 4.78 is 30.6. The van der Waals surface area contributed by atoms with Crippen molar-refractivity contribution >= 4 is 27.2 Å². The normalized spacial score (nSPS) is 17.2. The number of anilines is 2. The van der Waals surface area contributed by atoms with Crippen LogP contribution >= 0.6 is 0 Å². The van der Waals surface area contributed by atoms with Crippen LogP contribution < -0.4 is 26.6 Å². The van der Waals surface area contributed by atoms with Crippen LogP contribution in [0.3, 0.4) is 0 Å². The van der Waals surface area contributed by atoms with Gasteiger partial charge in [-0.3, -0.25) is 24.0 Å². The maximum Gasteiger partial charge on any atom is 0.330 e. The average molecular weight is 465 g/mol. The second-order valence-corrected chi connectivity index (χ2v) is 10.1. The molecule has 32 heavy (non-hydrogen) atoms. The summed E-state index contributed by atoms with van der Waals surface area (Å²) >= 11 is 0. The summed E-state index contributed by atoms with van der Waals surface area (Å²) in [5.74, 6) is -1.34. The topological polar surface area (TPSA) is 145 Å². The van der Waals surface area contributed by atoms with E-state index in [9.17, 15) is 22.8 Å². The summed E-state index contributed by atoms with van der Waals surface area (Å²) in [6, 6.07) is 6.98. The van der Waals surface area contributed by atoms with Crippen molar-refractivity contribution < 1.29 is 17.9 Å². The number of benzene rings is 1. The monoisotopic (exact) mass is 464 g/mol. The van der Waals surface area contributed by atoms with Crippen LogP contribution in [0.4, 0.5) is 11.5 Å². The number of hydrogen-bond acceptors (Lipinski definition) is 7. The number of amides is 1. The van der Waals surface area contributed by atoms with Crippen LogP contribution in [0.2, 0.25) is 0 Å². The first kappa shape index (κ1) is 23.6. The van der Waals surface area contributed by atoms with Gasteiger partial charge in [-0.05, 0) is 18.9 Å². The van der Waals surface area contributed by atoms with Gasteiger partial charge in [0.05, 0.1) is 31.1 Å². The number of nitrogens with one attached hydrogen (secondary N) is 1. The van der Waals surface area contributed by atoms with Gasteiger partial charge in [0.2, 0.25) is 5.91 Å². The molecule has 2 heterocycles. The van der Waals surface area contributed by atoms with Crippen molar-refractivity contribution in [2.45, 2.75) is 39.3 Å². The molecule has 0 radical (unpaired) electrons. The van der Waals surface area contributed by atoms with E-state index in [0.717, 1.165) is 6.42 Å². The first-order valence-electron chi connectivity index (χ1n) is 10.4. The Labute approximate surface area is 185 Å². The molecule has 10 nitrogen and oxygen atoms in total. The van der Waals surface area contributed by atoms with Crippen molar-refractivity contribution in [3.63, 3.8) is 0 Å². The number of unbranched alkanes of at least 4 members (excludes halogenated alkanes) is 1. The molecule has 1 atom stereocenters. The van der Waals surface area contributed by atoms with Gasteiger partial charge in [-0.25, -0.2) is 13.2 Å². The van der Waals surface area contributed by atoms with E-state index in [4.69, 9.17) is 10.5 Å². The van der Waals surface area contributed by atoms with Gasteiger partial charge >= 0.3 is 5.69 Å². The number of para-hydroxylation sites is 1. The highest BCUT2D eigenvalue weighted by Gasteiger charge is 2.37. The molecule has 11 heteroatoms. The van der Waals surface area contributed by atoms with Gasteiger partial charge in [0.25, 0.3) is 5.56 Å². The van der Waals surface area contributed by atoms with Crippen molar-refractivity contribution in [1.29, 1.82) is 0 Å². The Morgan fingerprint density at radius 3 is 2.66 bits per heavy atom. The Morgan fingerprint density at radius 1 is 1.31 bits per heavy atom. The van der Waals surface area contributed by atoms with E-state index < -0.39 is 32.9 Å². The first-order chi connectivity index (χ1) is 15.2. The number of sulfone groups is 1. The Morgan fingerprint density at radius 2 is 2.03 bits per heavy atom. The fourth-order valence-electron chi connectivity index (χ4n) is 3.86. The molecular weight excluding hydrogens is 436 g/mol. The molecule has 174 valence electrons. The van der Waals surface area contributed by atoms with E-state index in [0.29, 0.717) is 17.7 Å². The predicted octanol–water partition coefficient (Wildman–Crippen LogP) is 0.895. The Bertz CT molecular complexity index is 1220. The number of ether oxygens (including phenoxy) is 1. The van der Waals surface area contributed by atoms with Crippen LogP contribution in [0.25, 0.3) is 0 Å². The fraction of sp³-hybridized carbons (Fsp3) is 0.476. The quantitative estimate of drug-likeness (QED) is 0.590. The average Bonchev–Trinajstić information content (AvgIpc) is 3.12. The van der Waals surface area contributed by atoms with Crippen molar-refractivity contribution in [1.82, 2.24) is 9.55 Å². The largest absolute Gasteiger partial charge is 0.496 e. The van der Waals surface area contributed by atoms with Crippen molar-refractivity contribution in [2.24, 2.45) is 5.92 Å². The number of methoxy groups -OCH3 is 1. The molecule has 1 aromatic carbocycles. The predicted molar refractivity (Wildman–Crippen MR) is 122 cm³/mol. The van der Waals surface area contributed by atoms with Crippen molar-refractivity contribution in [3.05, 3.63) is 50.7 Å². The lowest BCUT2D eigenvalue weighted by Gasteiger charge is -2.27. The minimum atomic E-state index is -3.33. The highest BCUT2D eigenvalue weighted by molar-refractivity contribution is 7.91. The zero-order valence-electron chi connectivity index (χ0n) is 18.2. The number of nitrogens with zero attached hydrogens (tertiary/aromatic N) is 2. The molecule has 1 saturated heterocycles. The molecule has 0 bridgehead atoms. The third-order valence-corrected chi connectivity index (χ3v) is 7.36. The van der Waals surface area contributed by atoms with Crippen LogP contribution in [-0.2, 0) is 27.7 Å². The fourth-order valence-corrected chi connectivity index (χ4v) is 5.59. The Hall–Kier alpha value is -3.08. The van der Waals surface area contributed by atoms with E-state index in [-0.39, 0.29) is 42.5 Å². The van der Waals surface area contributed by atoms with Gasteiger partial charge in [-0.15, -0.1) is 0 Å². The summed E-state index contributed by atoms with van der Waals surface area (Å²) in [4.78, 5) is 42.1. The van der Waals surface area contributed by atoms with Gasteiger partial charge < -0.3 is 10.5 Å². The lowest BCUT2D eigenvalue weighted by Crippen LogP contribution is -2.43. The molecule has 0 saturated carbocycles. The number of rotatable bonds is 8. The summed E-state index contributed by atoms with van der Waals surface area (Å²) in [6.45, 7) is 2.16. The molecule has 1 aliphatic heterocycles. The standard InChI is InChI=1S/C21H28N4O6S/c1-3-4-10-24-18(22)17(19(26)23-21(24)28)25(12-14-7-5-6-8-16(14)31-2)20(27)15-9-11-32(29,30)13-15/h5-8,15H,3-4,9-13,22H2,1-2H3,(H,23,26,28). The number of carbonyl (C=O) groups excluding carboxylic acids is 1. The SMILES string of the molecule is CCCCn1c(N)c(N(Cc2ccccc2OC)C(=O)C2CCS(=O)(=O)C2)c(=O)[nH]c1=O. The molecule has 2 aromatic rings. The van der Waals surface area contributed by atoms with Crippen LogP contribution in [0.1, 0.15) is 31.7 Å². The number of carbonyl (C=O) groups is 1. The third-order valence-electron chi connectivity index (χ3n) is 5.59. The minimum absolute atomic E-state index is 0.0708. The molecule has 1 aromatic heterocycles. The summed E-state index contributed by atoms with van der Waals surface area (Å²) in [7, 11) is -1.85. The molecule has 0 aliphatic carbocycles. The van der Waals surface area contributed by atoms with Gasteiger partial charge in [0.1, 0.15) is 11.6 Å². The molecule has 1 fully saturated rings. The van der Waals surface area contributed by atoms with E-state index in [1.54, 1.807) is 24.3 Å². The molecule has 3 N–H and O–H groups in total. The molecule has 0 spiro atoms. The smallest absolute Gasteiger partial charge is 0.330 e. The highest BCUT2D eigenvalue weighted by atomic mass is 32.2. The van der Waals surface area contributed by atoms with Gasteiger partial charge in [0.15, 0.2) is 15.5 Å². The van der Waals surface area contributed by atoms with Crippen LogP contribution in [0.15, 0.2) is 33.9 Å². The third kappa shape index (κ3) is 4.87. The van der Waals surface area contributed by atoms with Crippen LogP contribution in [-0.4, -0.2) is 42.5 Å². The van der Waals surface area contributed by atoms with Gasteiger partial charge in [-0.1, -0.05) is 31.5 Å². The van der Waals surface area contributed by atoms with Gasteiger partial charge in [0, 0.05) is 12.1 Å². The van der Waals surface area contributed by atoms with Crippen LogP contribution in [0.5, 0.6) is 5.75 Å². The Kier molecular flexibility index (Phi) is 7.07. The highest BCUT2D eigenvalue weighted by Crippen LogP contribution is 2.29. The maximum atomic E-state index is 13.5. The zero-order valence-corrected chi connectivity index (χ0v) is 19.0. The van der Waals surface area contributed by atoms with Crippen LogP contribution in [0, 0.1) is 5.92 Å². The van der Waals surface area contributed by atoms with E-state index in [1.165, 1.54) is 16.6 Å². The first-order valence-corrected chi connectivity index (χ1v) is 12.3. The van der Waals surface area contributed by atoms with E-state index in [1.807, 2.05) is 6.92 Å². The number of nitrogen functional groups attached to an aromatic ring is 1. The lowest BCUT2D eigenvalue weighted by molar-refractivity contribution is -0.121. The number of nitrogens with two attached hydrogens (primary N) is 1. The summed E-state index contributed by atoms with van der Waals surface area (Å²) in [5.41, 5.74) is 5.22. The van der Waals surface area contributed by atoms with Gasteiger partial charge in [-0.2, -0.15) is 0 Å². The van der Waals surface area contributed by atoms with E-state index in [2.05, 4.69) is 4.98 Å². The second kappa shape index (κ2) is 9.60. The number of aromatic nitrogens is 2. The van der Waals surface area contributed by atoms with Crippen molar-refractivity contribution in [3.8, 4) is 5.75 Å². The zero-order chi connectivity index (χ0) is 23.5. The molecule has 3 rings (SSSR count). The number of aromatic amines is 1. The summed E-state index contributed by atoms with van der Waals surface area (Å²) in [6.07, 6.45) is 1.61. The molecule has 1 amide bonds. The molecule has 1 aliphatic rings. The molecular formula is C21H28N4O6S. The maximum absolute atomic E-state index is 13.5.